The molecular weight excluding hydrogens is 282 g/mol. The zero-order chi connectivity index (χ0) is 14.6. The Morgan fingerprint density at radius 2 is 1.95 bits per heavy atom. The van der Waals surface area contributed by atoms with Crippen LogP contribution in [0.25, 0.3) is 0 Å². The van der Waals surface area contributed by atoms with E-state index in [9.17, 15) is 8.42 Å². The van der Waals surface area contributed by atoms with E-state index in [1.807, 2.05) is 6.92 Å². The Hall–Kier alpha value is -0.430. The average Bonchev–Trinajstić information content (AvgIpc) is 2.68. The van der Waals surface area contributed by atoms with Gasteiger partial charge in [0, 0.05) is 15.8 Å². The Bertz CT molecular complexity index is 506. The third-order valence-corrected chi connectivity index (χ3v) is 5.78. The van der Waals surface area contributed by atoms with E-state index in [-0.39, 0.29) is 17.5 Å². The van der Waals surface area contributed by atoms with Gasteiger partial charge in [-0.25, -0.2) is 13.1 Å². The molecule has 2 N–H and O–H groups in total. The van der Waals surface area contributed by atoms with E-state index in [2.05, 4.69) is 18.6 Å². The van der Waals surface area contributed by atoms with Crippen molar-refractivity contribution in [3.63, 3.8) is 0 Å². The molecule has 0 spiro atoms. The predicted molar refractivity (Wildman–Crippen MR) is 78.8 cm³/mol. The summed E-state index contributed by atoms with van der Waals surface area (Å²) in [5, 5.41) is 9.06. The fourth-order valence-electron chi connectivity index (χ4n) is 1.84. The second kappa shape index (κ2) is 6.83. The normalized spacial score (nSPS) is 14.0. The summed E-state index contributed by atoms with van der Waals surface area (Å²) < 4.78 is 27.2. The molecule has 0 saturated heterocycles. The second-order valence-electron chi connectivity index (χ2n) is 5.28. The fraction of sp³-hybridized carbons (Fsp3) is 0.692. The van der Waals surface area contributed by atoms with Crippen LogP contribution in [-0.4, -0.2) is 19.6 Å². The molecule has 1 aromatic heterocycles. The molecule has 0 aliphatic heterocycles. The van der Waals surface area contributed by atoms with E-state index in [0.717, 1.165) is 12.8 Å². The van der Waals surface area contributed by atoms with Gasteiger partial charge in [-0.3, -0.25) is 0 Å². The van der Waals surface area contributed by atoms with Crippen molar-refractivity contribution in [2.45, 2.75) is 58.1 Å². The Labute approximate surface area is 119 Å². The van der Waals surface area contributed by atoms with E-state index in [1.54, 1.807) is 13.0 Å². The maximum atomic E-state index is 12.3. The highest BCUT2D eigenvalue weighted by Gasteiger charge is 2.21. The molecule has 4 nitrogen and oxygen atoms in total. The maximum Gasteiger partial charge on any atom is 0.241 e. The number of aliphatic hydroxyl groups is 1. The maximum absolute atomic E-state index is 12.3. The summed E-state index contributed by atoms with van der Waals surface area (Å²) in [5.74, 6) is 0.566. The van der Waals surface area contributed by atoms with E-state index in [0.29, 0.717) is 15.7 Å². The lowest BCUT2D eigenvalue weighted by atomic mass is 10.1. The molecule has 6 heteroatoms. The molecule has 19 heavy (non-hydrogen) atoms. The SMILES string of the molecule is Cc1sc(CO)cc1S(=O)(=O)NC(C)CCC(C)C. The fourth-order valence-corrected chi connectivity index (χ4v) is 4.61. The molecule has 0 fully saturated rings. The Morgan fingerprint density at radius 1 is 1.32 bits per heavy atom. The molecule has 1 heterocycles. The number of aliphatic hydroxyl groups excluding tert-OH is 1. The third kappa shape index (κ3) is 4.87. The van der Waals surface area contributed by atoms with Crippen LogP contribution in [0.3, 0.4) is 0 Å². The molecule has 0 saturated carbocycles. The van der Waals surface area contributed by atoms with Crippen molar-refractivity contribution in [1.82, 2.24) is 4.72 Å². The lowest BCUT2D eigenvalue weighted by Gasteiger charge is -2.15. The topological polar surface area (TPSA) is 66.4 Å². The van der Waals surface area contributed by atoms with Crippen molar-refractivity contribution < 1.29 is 13.5 Å². The number of hydrogen-bond acceptors (Lipinski definition) is 4. The summed E-state index contributed by atoms with van der Waals surface area (Å²) in [6, 6.07) is 1.47. The highest BCUT2D eigenvalue weighted by atomic mass is 32.2. The predicted octanol–water partition coefficient (Wildman–Crippen LogP) is 2.65. The van der Waals surface area contributed by atoms with Crippen molar-refractivity contribution >= 4 is 21.4 Å². The van der Waals surface area contributed by atoms with E-state index in [1.165, 1.54) is 11.3 Å². The van der Waals surface area contributed by atoms with Crippen LogP contribution >= 0.6 is 11.3 Å². The second-order valence-corrected chi connectivity index (χ2v) is 8.31. The lowest BCUT2D eigenvalue weighted by molar-refractivity contribution is 0.285. The van der Waals surface area contributed by atoms with Crippen molar-refractivity contribution in [2.75, 3.05) is 0 Å². The van der Waals surface area contributed by atoms with Gasteiger partial charge in [0.05, 0.1) is 11.5 Å². The zero-order valence-electron chi connectivity index (χ0n) is 11.9. The number of rotatable bonds is 7. The van der Waals surface area contributed by atoms with Gasteiger partial charge in [-0.2, -0.15) is 0 Å². The summed E-state index contributed by atoms with van der Waals surface area (Å²) in [6.45, 7) is 7.77. The monoisotopic (exact) mass is 305 g/mol. The first-order valence-electron chi connectivity index (χ1n) is 6.48. The van der Waals surface area contributed by atoms with Gasteiger partial charge in [-0.1, -0.05) is 13.8 Å². The number of thiophene rings is 1. The Kier molecular flexibility index (Phi) is 5.98. The van der Waals surface area contributed by atoms with Crippen molar-refractivity contribution in [3.05, 3.63) is 15.8 Å². The van der Waals surface area contributed by atoms with Crippen LogP contribution in [0.1, 0.15) is 43.4 Å². The molecule has 1 unspecified atom stereocenters. The zero-order valence-corrected chi connectivity index (χ0v) is 13.6. The molecule has 0 aliphatic rings. The van der Waals surface area contributed by atoms with Gasteiger partial charge >= 0.3 is 0 Å². The number of nitrogens with one attached hydrogen (secondary N) is 1. The standard InChI is InChI=1S/C13H23NO3S2/c1-9(2)5-6-10(3)14-19(16,17)13-7-12(8-15)18-11(13)4/h7,9-10,14-15H,5-6,8H2,1-4H3. The summed E-state index contributed by atoms with van der Waals surface area (Å²) in [6.07, 6.45) is 1.82. The molecular formula is C13H23NO3S2. The third-order valence-electron chi connectivity index (χ3n) is 2.90. The van der Waals surface area contributed by atoms with Crippen LogP contribution in [0.4, 0.5) is 0 Å². The molecule has 0 radical (unpaired) electrons. The van der Waals surface area contributed by atoms with E-state index < -0.39 is 10.0 Å². The molecule has 1 atom stereocenters. The molecule has 1 aromatic rings. The van der Waals surface area contributed by atoms with Gasteiger partial charge < -0.3 is 5.11 Å². The number of hydrogen-bond donors (Lipinski definition) is 2. The molecule has 0 bridgehead atoms. The smallest absolute Gasteiger partial charge is 0.241 e. The van der Waals surface area contributed by atoms with Crippen LogP contribution in [0.2, 0.25) is 0 Å². The molecule has 0 aromatic carbocycles. The number of aryl methyl sites for hydroxylation is 1. The van der Waals surface area contributed by atoms with E-state index in [4.69, 9.17) is 5.11 Å². The quantitative estimate of drug-likeness (QED) is 0.814. The Morgan fingerprint density at radius 3 is 2.42 bits per heavy atom. The van der Waals surface area contributed by atoms with E-state index >= 15 is 0 Å². The molecule has 1 rings (SSSR count). The number of sulfonamides is 1. The summed E-state index contributed by atoms with van der Waals surface area (Å²) in [7, 11) is -3.48. The first-order valence-corrected chi connectivity index (χ1v) is 8.78. The lowest BCUT2D eigenvalue weighted by Crippen LogP contribution is -2.32. The highest BCUT2D eigenvalue weighted by Crippen LogP contribution is 2.26. The van der Waals surface area contributed by atoms with Crippen molar-refractivity contribution in [2.24, 2.45) is 5.92 Å². The first-order chi connectivity index (χ1) is 8.76. The van der Waals surface area contributed by atoms with Gasteiger partial charge in [-0.05, 0) is 38.7 Å². The largest absolute Gasteiger partial charge is 0.391 e. The highest BCUT2D eigenvalue weighted by molar-refractivity contribution is 7.89. The minimum absolute atomic E-state index is 0.0794. The molecule has 110 valence electrons. The van der Waals surface area contributed by atoms with Gasteiger partial charge in [0.2, 0.25) is 10.0 Å². The van der Waals surface area contributed by atoms with Crippen LogP contribution in [0.5, 0.6) is 0 Å². The summed E-state index contributed by atoms with van der Waals surface area (Å²) in [5.41, 5.74) is 0. The van der Waals surface area contributed by atoms with Crippen LogP contribution in [0.15, 0.2) is 11.0 Å². The van der Waals surface area contributed by atoms with Crippen LogP contribution in [-0.2, 0) is 16.6 Å². The van der Waals surface area contributed by atoms with Crippen LogP contribution in [0, 0.1) is 12.8 Å². The van der Waals surface area contributed by atoms with Crippen LogP contribution < -0.4 is 4.72 Å². The summed E-state index contributed by atoms with van der Waals surface area (Å²) in [4.78, 5) is 1.68. The first kappa shape index (κ1) is 16.6. The van der Waals surface area contributed by atoms with Crippen molar-refractivity contribution in [3.8, 4) is 0 Å². The van der Waals surface area contributed by atoms with Crippen molar-refractivity contribution in [1.29, 1.82) is 0 Å². The van der Waals surface area contributed by atoms with Gasteiger partial charge in [-0.15, -0.1) is 11.3 Å². The van der Waals surface area contributed by atoms with Gasteiger partial charge in [0.15, 0.2) is 0 Å². The Balaban J connectivity index is 2.77. The minimum atomic E-state index is -3.48. The van der Waals surface area contributed by atoms with Gasteiger partial charge in [0.25, 0.3) is 0 Å². The van der Waals surface area contributed by atoms with Gasteiger partial charge in [0.1, 0.15) is 0 Å². The summed E-state index contributed by atoms with van der Waals surface area (Å²) >= 11 is 1.32. The molecule has 0 amide bonds. The average molecular weight is 305 g/mol. The molecule has 0 aliphatic carbocycles. The minimum Gasteiger partial charge on any atom is -0.391 e.